The molecule has 0 bridgehead atoms. The third kappa shape index (κ3) is 1.91. The highest BCUT2D eigenvalue weighted by Crippen LogP contribution is 2.29. The second-order valence-electron chi connectivity index (χ2n) is 4.94. The maximum Gasteiger partial charge on any atom is 0.0959 e. The molecule has 18 heavy (non-hydrogen) atoms. The number of likely N-dealkylation sites (N-methyl/N-ethyl adjacent to an activating group) is 1. The molecule has 1 fully saturated rings. The van der Waals surface area contributed by atoms with E-state index in [-0.39, 0.29) is 6.10 Å². The third-order valence-corrected chi connectivity index (χ3v) is 3.83. The van der Waals surface area contributed by atoms with E-state index in [0.717, 1.165) is 25.2 Å². The average Bonchev–Trinajstić information content (AvgIpc) is 2.87. The van der Waals surface area contributed by atoms with Gasteiger partial charge in [0, 0.05) is 18.0 Å². The van der Waals surface area contributed by atoms with Crippen molar-refractivity contribution in [3.8, 4) is 0 Å². The van der Waals surface area contributed by atoms with Crippen LogP contribution in [0.1, 0.15) is 25.5 Å². The number of hydrogen-bond acceptors (Lipinski definition) is 3. The molecule has 0 amide bonds. The second-order valence-corrected chi connectivity index (χ2v) is 4.94. The molecule has 4 heteroatoms. The minimum atomic E-state index is 0.155. The number of hydrogen-bond donors (Lipinski definition) is 1. The molecular weight excluding hydrogens is 226 g/mol. The van der Waals surface area contributed by atoms with E-state index in [2.05, 4.69) is 47.1 Å². The Balaban J connectivity index is 1.93. The highest BCUT2D eigenvalue weighted by atomic mass is 16.5. The van der Waals surface area contributed by atoms with Crippen molar-refractivity contribution in [2.45, 2.75) is 26.0 Å². The first kappa shape index (κ1) is 11.7. The number of benzene rings is 1. The molecule has 1 saturated heterocycles. The van der Waals surface area contributed by atoms with E-state index in [0.29, 0.717) is 6.04 Å². The van der Waals surface area contributed by atoms with E-state index >= 15 is 0 Å². The van der Waals surface area contributed by atoms with E-state index in [1.807, 2.05) is 6.20 Å². The largest absolute Gasteiger partial charge is 0.371 e. The van der Waals surface area contributed by atoms with Gasteiger partial charge in [-0.05, 0) is 25.1 Å². The van der Waals surface area contributed by atoms with Crippen LogP contribution in [0.5, 0.6) is 0 Å². The Hall–Kier alpha value is -1.39. The van der Waals surface area contributed by atoms with Gasteiger partial charge in [-0.3, -0.25) is 10.00 Å². The molecule has 1 aliphatic heterocycles. The molecule has 96 valence electrons. The van der Waals surface area contributed by atoms with Gasteiger partial charge in [0.05, 0.1) is 24.4 Å². The first-order valence-electron chi connectivity index (χ1n) is 6.57. The Bertz CT molecular complexity index is 537. The van der Waals surface area contributed by atoms with Gasteiger partial charge in [0.1, 0.15) is 0 Å². The predicted molar refractivity (Wildman–Crippen MR) is 71.5 cm³/mol. The van der Waals surface area contributed by atoms with Crippen molar-refractivity contribution in [3.63, 3.8) is 0 Å². The van der Waals surface area contributed by atoms with E-state index in [4.69, 9.17) is 4.74 Å². The molecule has 1 unspecified atom stereocenters. The number of nitrogens with one attached hydrogen (secondary N) is 1. The van der Waals surface area contributed by atoms with Crippen molar-refractivity contribution in [3.05, 3.63) is 30.0 Å². The van der Waals surface area contributed by atoms with Gasteiger partial charge < -0.3 is 4.74 Å². The molecule has 1 aromatic heterocycles. The SMILES string of the molecule is CCN1CC(c2cccc3[nH]ncc23)OC[C@@H]1C. The summed E-state index contributed by atoms with van der Waals surface area (Å²) < 4.78 is 6.00. The fraction of sp³-hybridized carbons (Fsp3) is 0.500. The van der Waals surface area contributed by atoms with Crippen LogP contribution < -0.4 is 0 Å². The lowest BCUT2D eigenvalue weighted by atomic mass is 10.0. The lowest BCUT2D eigenvalue weighted by Crippen LogP contribution is -2.44. The molecule has 1 aromatic carbocycles. The summed E-state index contributed by atoms with van der Waals surface area (Å²) in [6.45, 7) is 7.26. The monoisotopic (exact) mass is 245 g/mol. The van der Waals surface area contributed by atoms with E-state index in [1.54, 1.807) is 0 Å². The zero-order chi connectivity index (χ0) is 12.5. The normalized spacial score (nSPS) is 25.7. The highest BCUT2D eigenvalue weighted by Gasteiger charge is 2.27. The fourth-order valence-corrected chi connectivity index (χ4v) is 2.71. The number of fused-ring (bicyclic) bond motifs is 1. The van der Waals surface area contributed by atoms with Crippen LogP contribution in [0.4, 0.5) is 0 Å². The Labute approximate surface area is 107 Å². The average molecular weight is 245 g/mol. The van der Waals surface area contributed by atoms with Crippen LogP contribution in [0.3, 0.4) is 0 Å². The first-order chi connectivity index (χ1) is 8.79. The second kappa shape index (κ2) is 4.71. The van der Waals surface area contributed by atoms with Crippen LogP contribution in [-0.2, 0) is 4.74 Å². The topological polar surface area (TPSA) is 41.2 Å². The molecule has 1 N–H and O–H groups in total. The van der Waals surface area contributed by atoms with Gasteiger partial charge in [0.2, 0.25) is 0 Å². The summed E-state index contributed by atoms with van der Waals surface area (Å²) in [5.41, 5.74) is 2.32. The molecule has 0 aliphatic carbocycles. The number of H-pyrrole nitrogens is 1. The van der Waals surface area contributed by atoms with E-state index < -0.39 is 0 Å². The number of morpholine rings is 1. The smallest absolute Gasteiger partial charge is 0.0959 e. The summed E-state index contributed by atoms with van der Waals surface area (Å²) in [5.74, 6) is 0. The standard InChI is InChI=1S/C14H19N3O/c1-3-17-8-14(18-9-10(17)2)11-5-4-6-13-12(11)7-15-16-13/h4-7,10,14H,3,8-9H2,1-2H3,(H,15,16)/t10-,14?/m0/s1. The number of rotatable bonds is 2. The van der Waals surface area contributed by atoms with Crippen molar-refractivity contribution in [1.82, 2.24) is 15.1 Å². The van der Waals surface area contributed by atoms with Gasteiger partial charge in [-0.15, -0.1) is 0 Å². The lowest BCUT2D eigenvalue weighted by Gasteiger charge is -2.37. The van der Waals surface area contributed by atoms with Crippen LogP contribution >= 0.6 is 0 Å². The molecule has 1 aliphatic rings. The molecule has 2 aromatic rings. The first-order valence-corrected chi connectivity index (χ1v) is 6.57. The Morgan fingerprint density at radius 2 is 2.39 bits per heavy atom. The summed E-state index contributed by atoms with van der Waals surface area (Å²) in [4.78, 5) is 2.47. The van der Waals surface area contributed by atoms with Gasteiger partial charge >= 0.3 is 0 Å². The number of ether oxygens (including phenoxy) is 1. The van der Waals surface area contributed by atoms with Gasteiger partial charge in [0.25, 0.3) is 0 Å². The molecule has 4 nitrogen and oxygen atoms in total. The molecule has 2 atom stereocenters. The number of nitrogens with zero attached hydrogens (tertiary/aromatic N) is 2. The zero-order valence-corrected chi connectivity index (χ0v) is 10.9. The minimum Gasteiger partial charge on any atom is -0.371 e. The van der Waals surface area contributed by atoms with Gasteiger partial charge in [-0.25, -0.2) is 0 Å². The maximum absolute atomic E-state index is 6.00. The van der Waals surface area contributed by atoms with Crippen LogP contribution in [0.25, 0.3) is 10.9 Å². The zero-order valence-electron chi connectivity index (χ0n) is 10.9. The van der Waals surface area contributed by atoms with Crippen LogP contribution in [-0.4, -0.2) is 40.8 Å². The van der Waals surface area contributed by atoms with Crippen molar-refractivity contribution >= 4 is 10.9 Å². The van der Waals surface area contributed by atoms with Crippen LogP contribution in [0, 0.1) is 0 Å². The van der Waals surface area contributed by atoms with Crippen molar-refractivity contribution in [2.24, 2.45) is 0 Å². The Morgan fingerprint density at radius 1 is 1.50 bits per heavy atom. The Kier molecular flexibility index (Phi) is 3.06. The van der Waals surface area contributed by atoms with Gasteiger partial charge in [-0.1, -0.05) is 19.1 Å². The fourth-order valence-electron chi connectivity index (χ4n) is 2.71. The van der Waals surface area contributed by atoms with Crippen molar-refractivity contribution in [2.75, 3.05) is 19.7 Å². The third-order valence-electron chi connectivity index (χ3n) is 3.83. The summed E-state index contributed by atoms with van der Waals surface area (Å²) in [7, 11) is 0. The van der Waals surface area contributed by atoms with Gasteiger partial charge in [0.15, 0.2) is 0 Å². The molecular formula is C14H19N3O. The summed E-state index contributed by atoms with van der Waals surface area (Å²) in [6, 6.07) is 6.77. The molecule has 0 radical (unpaired) electrons. The number of aromatic nitrogens is 2. The molecule has 2 heterocycles. The van der Waals surface area contributed by atoms with Crippen LogP contribution in [0.15, 0.2) is 24.4 Å². The van der Waals surface area contributed by atoms with Crippen LogP contribution in [0.2, 0.25) is 0 Å². The summed E-state index contributed by atoms with van der Waals surface area (Å²) in [5, 5.41) is 8.30. The van der Waals surface area contributed by atoms with Crippen molar-refractivity contribution in [1.29, 1.82) is 0 Å². The van der Waals surface area contributed by atoms with Crippen molar-refractivity contribution < 1.29 is 4.74 Å². The highest BCUT2D eigenvalue weighted by molar-refractivity contribution is 5.81. The quantitative estimate of drug-likeness (QED) is 0.883. The maximum atomic E-state index is 6.00. The van der Waals surface area contributed by atoms with E-state index in [1.165, 1.54) is 10.9 Å². The van der Waals surface area contributed by atoms with E-state index in [9.17, 15) is 0 Å². The minimum absolute atomic E-state index is 0.155. The number of aromatic amines is 1. The molecule has 0 spiro atoms. The predicted octanol–water partition coefficient (Wildman–Crippen LogP) is 2.34. The Morgan fingerprint density at radius 3 is 3.22 bits per heavy atom. The lowest BCUT2D eigenvalue weighted by molar-refractivity contribution is -0.0573. The summed E-state index contributed by atoms with van der Waals surface area (Å²) >= 11 is 0. The molecule has 3 rings (SSSR count). The molecule has 0 saturated carbocycles. The summed E-state index contributed by atoms with van der Waals surface area (Å²) in [6.07, 6.45) is 2.05. The van der Waals surface area contributed by atoms with Gasteiger partial charge in [-0.2, -0.15) is 5.10 Å².